The van der Waals surface area contributed by atoms with Crippen molar-refractivity contribution in [3.05, 3.63) is 29.6 Å². The third kappa shape index (κ3) is 1.20. The standard InChI is InChI=1S/C10H10FNO/c1-7(13)12-6-5-8-9(11)3-2-4-10(8)12/h2-4H,5-6H2,1H3. The van der Waals surface area contributed by atoms with E-state index in [1.54, 1.807) is 17.0 Å². The Balaban J connectivity index is 2.49. The molecular weight excluding hydrogens is 169 g/mol. The van der Waals surface area contributed by atoms with Crippen LogP contribution in [-0.2, 0) is 11.2 Å². The molecule has 0 bridgehead atoms. The zero-order chi connectivity index (χ0) is 9.42. The molecule has 0 spiro atoms. The molecule has 0 N–H and O–H groups in total. The van der Waals surface area contributed by atoms with Crippen LogP contribution in [-0.4, -0.2) is 12.5 Å². The van der Waals surface area contributed by atoms with Crippen molar-refractivity contribution in [2.24, 2.45) is 0 Å². The highest BCUT2D eigenvalue weighted by Gasteiger charge is 2.23. The molecule has 1 amide bonds. The quantitative estimate of drug-likeness (QED) is 0.594. The van der Waals surface area contributed by atoms with E-state index in [4.69, 9.17) is 0 Å². The number of anilines is 1. The van der Waals surface area contributed by atoms with Crippen LogP contribution >= 0.6 is 0 Å². The van der Waals surface area contributed by atoms with Crippen LogP contribution in [0.5, 0.6) is 0 Å². The fourth-order valence-electron chi connectivity index (χ4n) is 1.72. The van der Waals surface area contributed by atoms with Crippen molar-refractivity contribution in [2.45, 2.75) is 13.3 Å². The summed E-state index contributed by atoms with van der Waals surface area (Å²) >= 11 is 0. The van der Waals surface area contributed by atoms with Gasteiger partial charge >= 0.3 is 0 Å². The molecule has 0 aromatic heterocycles. The number of halogens is 1. The van der Waals surface area contributed by atoms with E-state index in [0.29, 0.717) is 18.5 Å². The molecule has 0 radical (unpaired) electrons. The van der Waals surface area contributed by atoms with E-state index in [9.17, 15) is 9.18 Å². The van der Waals surface area contributed by atoms with Crippen LogP contribution in [0.15, 0.2) is 18.2 Å². The molecule has 2 nitrogen and oxygen atoms in total. The Morgan fingerprint density at radius 1 is 1.54 bits per heavy atom. The predicted octanol–water partition coefficient (Wildman–Crippen LogP) is 1.73. The molecule has 0 atom stereocenters. The molecule has 68 valence electrons. The van der Waals surface area contributed by atoms with Crippen LogP contribution in [0.25, 0.3) is 0 Å². The highest BCUT2D eigenvalue weighted by atomic mass is 19.1. The lowest BCUT2D eigenvalue weighted by atomic mass is 10.1. The van der Waals surface area contributed by atoms with Gasteiger partial charge < -0.3 is 4.90 Å². The van der Waals surface area contributed by atoms with Crippen LogP contribution in [0, 0.1) is 5.82 Å². The highest BCUT2D eigenvalue weighted by Crippen LogP contribution is 2.29. The molecule has 1 aliphatic heterocycles. The molecule has 1 aromatic carbocycles. The monoisotopic (exact) mass is 179 g/mol. The second-order valence-electron chi connectivity index (χ2n) is 3.16. The lowest BCUT2D eigenvalue weighted by molar-refractivity contribution is -0.116. The molecular formula is C10H10FNO. The van der Waals surface area contributed by atoms with Crippen LogP contribution in [0.2, 0.25) is 0 Å². The fourth-order valence-corrected chi connectivity index (χ4v) is 1.72. The summed E-state index contributed by atoms with van der Waals surface area (Å²) in [6.07, 6.45) is 0.627. The van der Waals surface area contributed by atoms with Crippen molar-refractivity contribution in [2.75, 3.05) is 11.4 Å². The predicted molar refractivity (Wildman–Crippen MR) is 48.1 cm³/mol. The van der Waals surface area contributed by atoms with Crippen LogP contribution in [0.4, 0.5) is 10.1 Å². The minimum atomic E-state index is -0.207. The number of carbonyl (C=O) groups excluding carboxylic acids is 1. The Hall–Kier alpha value is -1.38. The number of hydrogen-bond donors (Lipinski definition) is 0. The van der Waals surface area contributed by atoms with E-state index in [0.717, 1.165) is 5.69 Å². The first-order valence-corrected chi connectivity index (χ1v) is 4.25. The van der Waals surface area contributed by atoms with E-state index in [2.05, 4.69) is 0 Å². The van der Waals surface area contributed by atoms with E-state index in [1.807, 2.05) is 0 Å². The zero-order valence-corrected chi connectivity index (χ0v) is 7.38. The molecule has 13 heavy (non-hydrogen) atoms. The summed E-state index contributed by atoms with van der Waals surface area (Å²) in [5.41, 5.74) is 1.39. The number of amides is 1. The van der Waals surface area contributed by atoms with Gasteiger partial charge in [0.2, 0.25) is 5.91 Å². The van der Waals surface area contributed by atoms with Crippen molar-refractivity contribution in [3.63, 3.8) is 0 Å². The molecule has 1 aliphatic rings. The van der Waals surface area contributed by atoms with Gasteiger partial charge in [-0.25, -0.2) is 4.39 Å². The van der Waals surface area contributed by atoms with Gasteiger partial charge in [-0.05, 0) is 18.6 Å². The molecule has 0 unspecified atom stereocenters. The SMILES string of the molecule is CC(=O)N1CCc2c(F)cccc21. The van der Waals surface area contributed by atoms with Gasteiger partial charge in [-0.1, -0.05) is 6.07 Å². The Bertz CT molecular complexity index is 362. The molecule has 0 saturated heterocycles. The number of carbonyl (C=O) groups is 1. The topological polar surface area (TPSA) is 20.3 Å². The van der Waals surface area contributed by atoms with Gasteiger partial charge in [0.05, 0.1) is 0 Å². The minimum absolute atomic E-state index is 0.0237. The summed E-state index contributed by atoms with van der Waals surface area (Å²) in [6.45, 7) is 2.10. The second-order valence-corrected chi connectivity index (χ2v) is 3.16. The van der Waals surface area contributed by atoms with E-state index < -0.39 is 0 Å². The summed E-state index contributed by atoms with van der Waals surface area (Å²) in [5, 5.41) is 0. The largest absolute Gasteiger partial charge is 0.312 e. The number of nitrogens with zero attached hydrogens (tertiary/aromatic N) is 1. The molecule has 0 saturated carbocycles. The van der Waals surface area contributed by atoms with Gasteiger partial charge in [0.1, 0.15) is 5.82 Å². The molecule has 1 aromatic rings. The maximum atomic E-state index is 13.2. The van der Waals surface area contributed by atoms with Crippen LogP contribution in [0.3, 0.4) is 0 Å². The van der Waals surface area contributed by atoms with Crippen molar-refractivity contribution in [1.29, 1.82) is 0 Å². The minimum Gasteiger partial charge on any atom is -0.312 e. The normalized spacial score (nSPS) is 14.5. The third-order valence-corrected chi connectivity index (χ3v) is 2.35. The summed E-state index contributed by atoms with van der Waals surface area (Å²) in [5.74, 6) is -0.231. The Morgan fingerprint density at radius 2 is 2.31 bits per heavy atom. The molecule has 0 aliphatic carbocycles. The van der Waals surface area contributed by atoms with Gasteiger partial charge in [0.25, 0.3) is 0 Å². The highest BCUT2D eigenvalue weighted by molar-refractivity contribution is 5.93. The average Bonchev–Trinajstić information content (AvgIpc) is 2.48. The first-order valence-electron chi connectivity index (χ1n) is 4.25. The van der Waals surface area contributed by atoms with Crippen molar-refractivity contribution < 1.29 is 9.18 Å². The molecule has 0 fully saturated rings. The van der Waals surface area contributed by atoms with Crippen molar-refractivity contribution >= 4 is 11.6 Å². The first-order chi connectivity index (χ1) is 6.20. The number of fused-ring (bicyclic) bond motifs is 1. The Morgan fingerprint density at radius 3 is 3.00 bits per heavy atom. The van der Waals surface area contributed by atoms with E-state index >= 15 is 0 Å². The summed E-state index contributed by atoms with van der Waals surface area (Å²) in [6, 6.07) is 4.85. The first kappa shape index (κ1) is 8.23. The smallest absolute Gasteiger partial charge is 0.223 e. The molecule has 2 rings (SSSR count). The van der Waals surface area contributed by atoms with E-state index in [-0.39, 0.29) is 11.7 Å². The zero-order valence-electron chi connectivity index (χ0n) is 7.38. The van der Waals surface area contributed by atoms with Gasteiger partial charge in [0.15, 0.2) is 0 Å². The molecule has 1 heterocycles. The van der Waals surface area contributed by atoms with Crippen LogP contribution < -0.4 is 4.90 Å². The van der Waals surface area contributed by atoms with Crippen molar-refractivity contribution in [3.8, 4) is 0 Å². The summed E-state index contributed by atoms with van der Waals surface area (Å²) in [4.78, 5) is 12.7. The summed E-state index contributed by atoms with van der Waals surface area (Å²) in [7, 11) is 0. The number of hydrogen-bond acceptors (Lipinski definition) is 1. The molecule has 3 heteroatoms. The maximum absolute atomic E-state index is 13.2. The van der Waals surface area contributed by atoms with Crippen LogP contribution in [0.1, 0.15) is 12.5 Å². The van der Waals surface area contributed by atoms with Gasteiger partial charge in [-0.15, -0.1) is 0 Å². The maximum Gasteiger partial charge on any atom is 0.223 e. The fraction of sp³-hybridized carbons (Fsp3) is 0.300. The number of rotatable bonds is 0. The van der Waals surface area contributed by atoms with Gasteiger partial charge in [-0.3, -0.25) is 4.79 Å². The Kier molecular flexibility index (Phi) is 1.79. The second kappa shape index (κ2) is 2.83. The average molecular weight is 179 g/mol. The van der Waals surface area contributed by atoms with Gasteiger partial charge in [-0.2, -0.15) is 0 Å². The lowest BCUT2D eigenvalue weighted by Crippen LogP contribution is -2.25. The third-order valence-electron chi connectivity index (χ3n) is 2.35. The van der Waals surface area contributed by atoms with Crippen molar-refractivity contribution in [1.82, 2.24) is 0 Å². The van der Waals surface area contributed by atoms with E-state index in [1.165, 1.54) is 13.0 Å². The van der Waals surface area contributed by atoms with Gasteiger partial charge in [0, 0.05) is 24.7 Å². The lowest BCUT2D eigenvalue weighted by Gasteiger charge is -2.13. The summed E-state index contributed by atoms with van der Waals surface area (Å²) < 4.78 is 13.2. The Labute approximate surface area is 76.0 Å². The number of benzene rings is 1.